The quantitative estimate of drug-likeness (QED) is 0.765. The van der Waals surface area contributed by atoms with Crippen LogP contribution in [0.3, 0.4) is 0 Å². The highest BCUT2D eigenvalue weighted by Gasteiger charge is 2.22. The minimum absolute atomic E-state index is 0.523. The molecule has 1 aliphatic heterocycles. The molecule has 1 aromatic carbocycles. The van der Waals surface area contributed by atoms with Crippen LogP contribution in [0.5, 0.6) is 0 Å². The number of hydrogen-bond donors (Lipinski definition) is 1. The van der Waals surface area contributed by atoms with Crippen LogP contribution < -0.4 is 10.2 Å². The van der Waals surface area contributed by atoms with Crippen LogP contribution in [-0.2, 0) is 9.59 Å². The second-order valence-corrected chi connectivity index (χ2v) is 4.77. The monoisotopic (exact) mass is 263 g/mol. The summed E-state index contributed by atoms with van der Waals surface area (Å²) in [6, 6.07) is 9.02. The molecule has 2 amide bonds. The fourth-order valence-electron chi connectivity index (χ4n) is 1.48. The van der Waals surface area contributed by atoms with Crippen LogP contribution in [0.1, 0.15) is 0 Å². The van der Waals surface area contributed by atoms with Gasteiger partial charge < -0.3 is 4.90 Å². The maximum absolute atomic E-state index is 11.9. The van der Waals surface area contributed by atoms with Crippen molar-refractivity contribution in [3.63, 3.8) is 0 Å². The van der Waals surface area contributed by atoms with Gasteiger partial charge >= 0.3 is 11.8 Å². The Hall–Kier alpha value is -1.82. The highest BCUT2D eigenvalue weighted by atomic mass is 32.2. The van der Waals surface area contributed by atoms with Crippen LogP contribution in [0, 0.1) is 0 Å². The predicted molar refractivity (Wildman–Crippen MR) is 72.8 cm³/mol. The molecule has 0 aliphatic carbocycles. The van der Waals surface area contributed by atoms with Crippen LogP contribution in [0.25, 0.3) is 0 Å². The van der Waals surface area contributed by atoms with Gasteiger partial charge in [0.05, 0.1) is 6.54 Å². The van der Waals surface area contributed by atoms with Gasteiger partial charge in [0, 0.05) is 18.5 Å². The number of para-hydroxylation sites is 1. The van der Waals surface area contributed by atoms with E-state index in [0.29, 0.717) is 17.4 Å². The molecule has 0 atom stereocenters. The summed E-state index contributed by atoms with van der Waals surface area (Å²) >= 11 is 1.44. The van der Waals surface area contributed by atoms with Crippen LogP contribution in [0.4, 0.5) is 5.69 Å². The maximum atomic E-state index is 11.9. The molecular formula is C12H13N3O2S. The molecule has 0 radical (unpaired) electrons. The Bertz CT molecular complexity index is 487. The van der Waals surface area contributed by atoms with Crippen molar-refractivity contribution >= 4 is 34.4 Å². The van der Waals surface area contributed by atoms with Gasteiger partial charge in [-0.15, -0.1) is 0 Å². The molecule has 0 aromatic heterocycles. The largest absolute Gasteiger partial charge is 0.316 e. The fraction of sp³-hybridized carbons (Fsp3) is 0.250. The lowest BCUT2D eigenvalue weighted by Gasteiger charge is -2.16. The van der Waals surface area contributed by atoms with E-state index in [-0.39, 0.29) is 0 Å². The average Bonchev–Trinajstić information content (AvgIpc) is 2.91. The molecule has 0 saturated carbocycles. The van der Waals surface area contributed by atoms with Crippen LogP contribution in [0.2, 0.25) is 0 Å². The Kier molecular flexibility index (Phi) is 3.99. The van der Waals surface area contributed by atoms with Crippen molar-refractivity contribution in [2.45, 2.75) is 0 Å². The smallest absolute Gasteiger partial charge is 0.307 e. The summed E-state index contributed by atoms with van der Waals surface area (Å²) < 4.78 is 0. The van der Waals surface area contributed by atoms with Crippen molar-refractivity contribution in [2.24, 2.45) is 4.99 Å². The molecule has 6 heteroatoms. The van der Waals surface area contributed by atoms with Crippen LogP contribution in [-0.4, -0.2) is 36.3 Å². The highest BCUT2D eigenvalue weighted by Crippen LogP contribution is 2.12. The zero-order valence-corrected chi connectivity index (χ0v) is 10.7. The molecule has 0 bridgehead atoms. The molecule has 1 aromatic rings. The third-order valence-corrected chi connectivity index (χ3v) is 3.34. The molecule has 0 spiro atoms. The first kappa shape index (κ1) is 12.6. The first-order valence-corrected chi connectivity index (χ1v) is 6.48. The number of carbonyl (C=O) groups is 2. The Morgan fingerprint density at radius 3 is 2.67 bits per heavy atom. The van der Waals surface area contributed by atoms with E-state index in [9.17, 15) is 9.59 Å². The minimum atomic E-state index is -0.658. The van der Waals surface area contributed by atoms with Crippen LogP contribution >= 0.6 is 11.8 Å². The molecule has 0 saturated heterocycles. The van der Waals surface area contributed by atoms with Gasteiger partial charge in [-0.1, -0.05) is 30.0 Å². The zero-order chi connectivity index (χ0) is 13.0. The predicted octanol–water partition coefficient (Wildman–Crippen LogP) is 0.868. The molecular weight excluding hydrogens is 250 g/mol. The SMILES string of the molecule is CN(C(=O)C(=O)NC1=NCCS1)c1ccccc1. The topological polar surface area (TPSA) is 61.8 Å². The average molecular weight is 263 g/mol. The van der Waals surface area contributed by atoms with E-state index in [0.717, 1.165) is 5.75 Å². The number of aliphatic imine (C=N–C) groups is 1. The molecule has 0 unspecified atom stereocenters. The van der Waals surface area contributed by atoms with Crippen molar-refractivity contribution in [1.82, 2.24) is 5.32 Å². The third-order valence-electron chi connectivity index (χ3n) is 2.45. The number of benzene rings is 1. The van der Waals surface area contributed by atoms with E-state index in [2.05, 4.69) is 10.3 Å². The molecule has 18 heavy (non-hydrogen) atoms. The first-order valence-electron chi connectivity index (χ1n) is 5.50. The molecule has 5 nitrogen and oxygen atoms in total. The second-order valence-electron chi connectivity index (χ2n) is 3.69. The fourth-order valence-corrected chi connectivity index (χ4v) is 2.21. The van der Waals surface area contributed by atoms with Crippen molar-refractivity contribution in [2.75, 3.05) is 24.2 Å². The summed E-state index contributed by atoms with van der Waals surface area (Å²) in [5.74, 6) is -0.413. The number of carbonyl (C=O) groups excluding carboxylic acids is 2. The number of anilines is 1. The Morgan fingerprint density at radius 1 is 1.33 bits per heavy atom. The number of amides is 2. The third kappa shape index (κ3) is 2.89. The van der Waals surface area contributed by atoms with E-state index in [4.69, 9.17) is 0 Å². The van der Waals surface area contributed by atoms with Gasteiger partial charge in [0.2, 0.25) is 0 Å². The lowest BCUT2D eigenvalue weighted by Crippen LogP contribution is -2.42. The van der Waals surface area contributed by atoms with E-state index in [1.807, 2.05) is 18.2 Å². The van der Waals surface area contributed by atoms with Crippen molar-refractivity contribution in [3.05, 3.63) is 30.3 Å². The van der Waals surface area contributed by atoms with Gasteiger partial charge in [0.15, 0.2) is 5.17 Å². The Labute approximate surface area is 109 Å². The molecule has 1 N–H and O–H groups in total. The summed E-state index contributed by atoms with van der Waals surface area (Å²) in [6.07, 6.45) is 0. The Morgan fingerprint density at radius 2 is 2.06 bits per heavy atom. The lowest BCUT2D eigenvalue weighted by molar-refractivity contribution is -0.136. The summed E-state index contributed by atoms with van der Waals surface area (Å²) in [6.45, 7) is 0.684. The van der Waals surface area contributed by atoms with E-state index >= 15 is 0 Å². The molecule has 0 fully saturated rings. The first-order chi connectivity index (χ1) is 8.68. The van der Waals surface area contributed by atoms with E-state index in [1.54, 1.807) is 19.2 Å². The molecule has 1 aliphatic rings. The van der Waals surface area contributed by atoms with Crippen molar-refractivity contribution in [3.8, 4) is 0 Å². The van der Waals surface area contributed by atoms with E-state index < -0.39 is 11.8 Å². The molecule has 94 valence electrons. The van der Waals surface area contributed by atoms with Crippen molar-refractivity contribution in [1.29, 1.82) is 0 Å². The second kappa shape index (κ2) is 5.68. The van der Waals surface area contributed by atoms with Crippen molar-refractivity contribution < 1.29 is 9.59 Å². The summed E-state index contributed by atoms with van der Waals surface area (Å²) in [4.78, 5) is 29.0. The standard InChI is InChI=1S/C12H13N3O2S/c1-15(9-5-3-2-4-6-9)11(17)10(16)14-12-13-7-8-18-12/h2-6H,7-8H2,1H3,(H,13,14,16). The number of hydrogen-bond acceptors (Lipinski definition) is 4. The number of amidine groups is 1. The summed E-state index contributed by atoms with van der Waals surface area (Å²) in [5, 5.41) is 3.04. The number of nitrogens with one attached hydrogen (secondary N) is 1. The molecule has 2 rings (SSSR count). The Balaban J connectivity index is 2.00. The summed E-state index contributed by atoms with van der Waals surface area (Å²) in [7, 11) is 1.57. The number of rotatable bonds is 1. The van der Waals surface area contributed by atoms with Gasteiger partial charge in [-0.25, -0.2) is 0 Å². The van der Waals surface area contributed by atoms with Crippen LogP contribution in [0.15, 0.2) is 35.3 Å². The highest BCUT2D eigenvalue weighted by molar-refractivity contribution is 8.14. The normalized spacial score (nSPS) is 13.9. The van der Waals surface area contributed by atoms with Gasteiger partial charge in [0.25, 0.3) is 0 Å². The lowest BCUT2D eigenvalue weighted by atomic mass is 10.3. The number of likely N-dealkylation sites (N-methyl/N-ethyl adjacent to an activating group) is 1. The molecule has 1 heterocycles. The van der Waals surface area contributed by atoms with E-state index in [1.165, 1.54) is 16.7 Å². The maximum Gasteiger partial charge on any atom is 0.316 e. The minimum Gasteiger partial charge on any atom is -0.307 e. The number of nitrogens with zero attached hydrogens (tertiary/aromatic N) is 2. The zero-order valence-electron chi connectivity index (χ0n) is 9.92. The van der Waals surface area contributed by atoms with Gasteiger partial charge in [-0.05, 0) is 12.1 Å². The summed E-state index contributed by atoms with van der Waals surface area (Å²) in [5.41, 5.74) is 0.679. The van der Waals surface area contributed by atoms with Gasteiger partial charge in [0.1, 0.15) is 0 Å². The number of thioether (sulfide) groups is 1. The van der Waals surface area contributed by atoms with Gasteiger partial charge in [-0.3, -0.25) is 19.9 Å². The van der Waals surface area contributed by atoms with Gasteiger partial charge in [-0.2, -0.15) is 0 Å².